The van der Waals surface area contributed by atoms with E-state index in [1.54, 1.807) is 13.0 Å². The van der Waals surface area contributed by atoms with Gasteiger partial charge in [-0.25, -0.2) is 9.37 Å². The molecular formula is C22H19F4N3O3. The van der Waals surface area contributed by atoms with Gasteiger partial charge in [0.1, 0.15) is 11.6 Å². The molecule has 0 aliphatic rings. The van der Waals surface area contributed by atoms with Crippen molar-refractivity contribution < 1.29 is 31.8 Å². The third kappa shape index (κ3) is 5.33. The number of alkyl halides is 3. The number of hydrogen-bond donors (Lipinski definition) is 2. The van der Waals surface area contributed by atoms with E-state index >= 15 is 0 Å². The molecule has 0 atom stereocenters. The standard InChI is InChI=1S/C22H19F4N3O3/c1-12-9-16(20(27)29-18(12)11-31-2)21(30)28-14-4-6-15(7-5-14)32-19-10-13(22(24,25)26)3-8-17(19)23/h3-10H,11H2,1-2H3,(H2,27,29)(H,28,30). The van der Waals surface area contributed by atoms with Crippen LogP contribution in [0.1, 0.15) is 27.2 Å². The molecule has 0 bridgehead atoms. The number of amides is 1. The number of aromatic nitrogens is 1. The normalized spacial score (nSPS) is 11.3. The predicted molar refractivity (Wildman–Crippen MR) is 110 cm³/mol. The van der Waals surface area contributed by atoms with Crippen LogP contribution in [-0.2, 0) is 17.5 Å². The number of nitrogens with one attached hydrogen (secondary N) is 1. The van der Waals surface area contributed by atoms with Crippen molar-refractivity contribution >= 4 is 17.4 Å². The molecule has 10 heteroatoms. The van der Waals surface area contributed by atoms with Gasteiger partial charge < -0.3 is 20.5 Å². The Hall–Kier alpha value is -3.66. The quantitative estimate of drug-likeness (QED) is 0.498. The molecule has 1 heterocycles. The second-order valence-corrected chi connectivity index (χ2v) is 6.84. The van der Waals surface area contributed by atoms with Gasteiger partial charge >= 0.3 is 6.18 Å². The van der Waals surface area contributed by atoms with Crippen LogP contribution in [-0.4, -0.2) is 18.0 Å². The molecule has 32 heavy (non-hydrogen) atoms. The van der Waals surface area contributed by atoms with Crippen molar-refractivity contribution in [1.82, 2.24) is 4.98 Å². The van der Waals surface area contributed by atoms with Crippen LogP contribution in [0.15, 0.2) is 48.5 Å². The minimum atomic E-state index is -4.63. The van der Waals surface area contributed by atoms with E-state index in [1.807, 2.05) is 0 Å². The van der Waals surface area contributed by atoms with Crippen LogP contribution in [0.25, 0.3) is 0 Å². The van der Waals surface area contributed by atoms with Crippen LogP contribution in [0.2, 0.25) is 0 Å². The molecule has 3 aromatic rings. The van der Waals surface area contributed by atoms with E-state index in [9.17, 15) is 22.4 Å². The molecule has 3 N–H and O–H groups in total. The van der Waals surface area contributed by atoms with Gasteiger partial charge in [0.15, 0.2) is 11.6 Å². The average Bonchev–Trinajstić information content (AvgIpc) is 2.72. The number of carbonyl (C=O) groups excluding carboxylic acids is 1. The van der Waals surface area contributed by atoms with Crippen molar-refractivity contribution in [3.05, 3.63) is 76.7 Å². The van der Waals surface area contributed by atoms with Gasteiger partial charge in [0.05, 0.1) is 23.4 Å². The van der Waals surface area contributed by atoms with E-state index in [0.717, 1.165) is 5.56 Å². The predicted octanol–water partition coefficient (Wildman–Crippen LogP) is 5.32. The summed E-state index contributed by atoms with van der Waals surface area (Å²) in [4.78, 5) is 16.7. The van der Waals surface area contributed by atoms with Crippen molar-refractivity contribution in [2.24, 2.45) is 0 Å². The monoisotopic (exact) mass is 449 g/mol. The van der Waals surface area contributed by atoms with E-state index in [4.69, 9.17) is 15.2 Å². The van der Waals surface area contributed by atoms with E-state index < -0.39 is 29.2 Å². The van der Waals surface area contributed by atoms with Crippen LogP contribution in [0.4, 0.5) is 29.1 Å². The first-order valence-electron chi connectivity index (χ1n) is 9.29. The summed E-state index contributed by atoms with van der Waals surface area (Å²) in [5.41, 5.74) is 6.74. The molecule has 0 aliphatic carbocycles. The van der Waals surface area contributed by atoms with Gasteiger partial charge in [-0.3, -0.25) is 4.79 Å². The zero-order chi connectivity index (χ0) is 23.5. The number of hydrogen-bond acceptors (Lipinski definition) is 5. The first-order valence-corrected chi connectivity index (χ1v) is 9.29. The van der Waals surface area contributed by atoms with Gasteiger partial charge in [-0.1, -0.05) is 0 Å². The Balaban J connectivity index is 1.73. The first kappa shape index (κ1) is 23.0. The Kier molecular flexibility index (Phi) is 6.64. The molecule has 0 spiro atoms. The van der Waals surface area contributed by atoms with E-state index in [-0.39, 0.29) is 23.7 Å². The van der Waals surface area contributed by atoms with Crippen LogP contribution in [0, 0.1) is 12.7 Å². The summed E-state index contributed by atoms with van der Waals surface area (Å²) in [6.45, 7) is 2.03. The number of nitrogens with zero attached hydrogens (tertiary/aromatic N) is 1. The van der Waals surface area contributed by atoms with E-state index in [2.05, 4.69) is 10.3 Å². The highest BCUT2D eigenvalue weighted by Crippen LogP contribution is 2.34. The SMILES string of the molecule is COCc1nc(N)c(C(=O)Nc2ccc(Oc3cc(C(F)(F)F)ccc3F)cc2)cc1C. The smallest absolute Gasteiger partial charge is 0.416 e. The van der Waals surface area contributed by atoms with Crippen LogP contribution >= 0.6 is 0 Å². The van der Waals surface area contributed by atoms with Gasteiger partial charge in [-0.05, 0) is 61.0 Å². The molecule has 1 amide bonds. The van der Waals surface area contributed by atoms with Crippen LogP contribution in [0.5, 0.6) is 11.5 Å². The average molecular weight is 449 g/mol. The number of pyridine rings is 1. The number of nitrogen functional groups attached to an aromatic ring is 1. The van der Waals surface area contributed by atoms with Gasteiger partial charge in [0.25, 0.3) is 5.91 Å². The highest BCUT2D eigenvalue weighted by Gasteiger charge is 2.31. The number of rotatable bonds is 6. The van der Waals surface area contributed by atoms with Crippen molar-refractivity contribution in [3.8, 4) is 11.5 Å². The Morgan fingerprint density at radius 3 is 2.44 bits per heavy atom. The fourth-order valence-electron chi connectivity index (χ4n) is 2.82. The lowest BCUT2D eigenvalue weighted by molar-refractivity contribution is -0.137. The summed E-state index contributed by atoms with van der Waals surface area (Å²) in [5, 5.41) is 2.64. The Labute approximate surface area is 181 Å². The van der Waals surface area contributed by atoms with Gasteiger partial charge in [-0.2, -0.15) is 13.2 Å². The first-order chi connectivity index (χ1) is 15.1. The largest absolute Gasteiger partial charge is 0.454 e. The number of aryl methyl sites for hydroxylation is 1. The summed E-state index contributed by atoms with van der Waals surface area (Å²) in [6.07, 6.45) is -4.63. The molecule has 0 radical (unpaired) electrons. The topological polar surface area (TPSA) is 86.5 Å². The molecule has 2 aromatic carbocycles. The highest BCUT2D eigenvalue weighted by atomic mass is 19.4. The lowest BCUT2D eigenvalue weighted by Gasteiger charge is -2.12. The summed E-state index contributed by atoms with van der Waals surface area (Å²) in [7, 11) is 1.52. The molecule has 3 rings (SSSR count). The molecule has 1 aromatic heterocycles. The summed E-state index contributed by atoms with van der Waals surface area (Å²) >= 11 is 0. The van der Waals surface area contributed by atoms with Gasteiger partial charge in [0, 0.05) is 12.8 Å². The fourth-order valence-corrected chi connectivity index (χ4v) is 2.82. The number of benzene rings is 2. The third-order valence-electron chi connectivity index (χ3n) is 4.47. The molecule has 0 fully saturated rings. The number of ether oxygens (including phenoxy) is 2. The summed E-state index contributed by atoms with van der Waals surface area (Å²) in [6, 6.07) is 9.16. The van der Waals surface area contributed by atoms with Crippen molar-refractivity contribution in [3.63, 3.8) is 0 Å². The zero-order valence-electron chi connectivity index (χ0n) is 17.1. The van der Waals surface area contributed by atoms with Crippen molar-refractivity contribution in [2.75, 3.05) is 18.2 Å². The molecule has 0 saturated heterocycles. The molecule has 0 saturated carbocycles. The maximum absolute atomic E-state index is 13.9. The fraction of sp³-hybridized carbons (Fsp3) is 0.182. The van der Waals surface area contributed by atoms with E-state index in [1.165, 1.54) is 31.4 Å². The number of anilines is 2. The van der Waals surface area contributed by atoms with Crippen LogP contribution < -0.4 is 15.8 Å². The molecule has 6 nitrogen and oxygen atoms in total. The Bertz CT molecular complexity index is 1130. The number of carbonyl (C=O) groups is 1. The Morgan fingerprint density at radius 1 is 1.12 bits per heavy atom. The summed E-state index contributed by atoms with van der Waals surface area (Å²) < 4.78 is 62.6. The number of halogens is 4. The minimum absolute atomic E-state index is 0.0418. The number of nitrogens with two attached hydrogens (primary N) is 1. The summed E-state index contributed by atoms with van der Waals surface area (Å²) in [5.74, 6) is -1.88. The maximum atomic E-state index is 13.9. The lowest BCUT2D eigenvalue weighted by Crippen LogP contribution is -2.16. The molecule has 0 aliphatic heterocycles. The maximum Gasteiger partial charge on any atom is 0.416 e. The zero-order valence-corrected chi connectivity index (χ0v) is 17.1. The van der Waals surface area contributed by atoms with Gasteiger partial charge in [0.2, 0.25) is 0 Å². The van der Waals surface area contributed by atoms with E-state index in [0.29, 0.717) is 29.6 Å². The number of methoxy groups -OCH3 is 1. The second kappa shape index (κ2) is 9.23. The van der Waals surface area contributed by atoms with Crippen LogP contribution in [0.3, 0.4) is 0 Å². The Morgan fingerprint density at radius 2 is 1.81 bits per heavy atom. The molecule has 0 unspecified atom stereocenters. The lowest BCUT2D eigenvalue weighted by atomic mass is 10.1. The second-order valence-electron chi connectivity index (χ2n) is 6.84. The molecule has 168 valence electrons. The third-order valence-corrected chi connectivity index (χ3v) is 4.47. The van der Waals surface area contributed by atoms with Crippen molar-refractivity contribution in [2.45, 2.75) is 19.7 Å². The highest BCUT2D eigenvalue weighted by molar-refractivity contribution is 6.07. The van der Waals surface area contributed by atoms with Crippen molar-refractivity contribution in [1.29, 1.82) is 0 Å². The van der Waals surface area contributed by atoms with Gasteiger partial charge in [-0.15, -0.1) is 0 Å². The molecular weight excluding hydrogens is 430 g/mol. The minimum Gasteiger partial charge on any atom is -0.454 e.